The van der Waals surface area contributed by atoms with E-state index in [4.69, 9.17) is 0 Å². The van der Waals surface area contributed by atoms with Crippen molar-refractivity contribution in [2.75, 3.05) is 32.7 Å². The molecule has 4 nitrogen and oxygen atoms in total. The van der Waals surface area contributed by atoms with Gasteiger partial charge in [-0.3, -0.25) is 9.69 Å². The Kier molecular flexibility index (Phi) is 5.79. The van der Waals surface area contributed by atoms with Gasteiger partial charge in [0.15, 0.2) is 0 Å². The van der Waals surface area contributed by atoms with E-state index in [2.05, 4.69) is 31.5 Å². The second-order valence-electron chi connectivity index (χ2n) is 6.06. The molecule has 0 spiro atoms. The van der Waals surface area contributed by atoms with E-state index < -0.39 is 0 Å². The molecule has 1 aromatic rings. The van der Waals surface area contributed by atoms with Crippen LogP contribution in [0.1, 0.15) is 25.8 Å². The van der Waals surface area contributed by atoms with Crippen molar-refractivity contribution in [3.63, 3.8) is 0 Å². The molecule has 0 bridgehead atoms. The van der Waals surface area contributed by atoms with Crippen LogP contribution in [-0.2, 0) is 10.3 Å². The van der Waals surface area contributed by atoms with Crippen LogP contribution in [0.15, 0.2) is 28.7 Å². The monoisotopic (exact) mass is 353 g/mol. The number of halogens is 1. The Hall–Kier alpha value is -0.910. The minimum absolute atomic E-state index is 0.0878. The Morgan fingerprint density at radius 2 is 2.00 bits per heavy atom. The summed E-state index contributed by atoms with van der Waals surface area (Å²) in [6.45, 7) is 8.48. The van der Waals surface area contributed by atoms with E-state index in [-0.39, 0.29) is 11.4 Å². The molecule has 2 N–H and O–H groups in total. The van der Waals surface area contributed by atoms with Crippen LogP contribution >= 0.6 is 15.9 Å². The summed E-state index contributed by atoms with van der Waals surface area (Å²) >= 11 is 3.44. The van der Waals surface area contributed by atoms with Crippen molar-refractivity contribution in [2.24, 2.45) is 0 Å². The van der Waals surface area contributed by atoms with Gasteiger partial charge in [0.1, 0.15) is 0 Å². The Morgan fingerprint density at radius 3 is 2.71 bits per heavy atom. The summed E-state index contributed by atoms with van der Waals surface area (Å²) in [6, 6.07) is 8.09. The molecule has 5 heteroatoms. The average Bonchev–Trinajstić information content (AvgIpc) is 2.67. The smallest absolute Gasteiger partial charge is 0.234 e. The Morgan fingerprint density at radius 1 is 1.29 bits per heavy atom. The Bertz CT molecular complexity index is 465. The molecule has 21 heavy (non-hydrogen) atoms. The normalized spacial score (nSPS) is 17.3. The van der Waals surface area contributed by atoms with Crippen molar-refractivity contribution < 1.29 is 4.79 Å². The predicted octanol–water partition coefficient (Wildman–Crippen LogP) is 2.10. The van der Waals surface area contributed by atoms with Crippen LogP contribution in [0.4, 0.5) is 0 Å². The molecular formula is C16H24BrN3O. The van der Waals surface area contributed by atoms with Crippen LogP contribution in [0.25, 0.3) is 0 Å². The van der Waals surface area contributed by atoms with E-state index in [0.29, 0.717) is 6.54 Å². The molecule has 1 aliphatic rings. The first-order valence-electron chi connectivity index (χ1n) is 7.47. The predicted molar refractivity (Wildman–Crippen MR) is 89.2 cm³/mol. The van der Waals surface area contributed by atoms with Crippen LogP contribution in [-0.4, -0.2) is 43.5 Å². The maximum atomic E-state index is 12.3. The minimum Gasteiger partial charge on any atom is -0.346 e. The number of rotatable bonds is 4. The summed E-state index contributed by atoms with van der Waals surface area (Å²) in [6.07, 6.45) is 1.10. The van der Waals surface area contributed by atoms with Crippen LogP contribution < -0.4 is 10.6 Å². The van der Waals surface area contributed by atoms with Gasteiger partial charge < -0.3 is 10.6 Å². The summed E-state index contributed by atoms with van der Waals surface area (Å²) in [7, 11) is 0. The fourth-order valence-electron chi connectivity index (χ4n) is 2.59. The number of amides is 1. The van der Waals surface area contributed by atoms with Gasteiger partial charge in [-0.25, -0.2) is 0 Å². The molecule has 1 saturated heterocycles. The number of carbonyl (C=O) groups is 1. The number of hydrogen-bond donors (Lipinski definition) is 2. The lowest BCUT2D eigenvalue weighted by Gasteiger charge is -2.29. The van der Waals surface area contributed by atoms with Crippen molar-refractivity contribution in [1.82, 2.24) is 15.5 Å². The van der Waals surface area contributed by atoms with Crippen LogP contribution in [0.3, 0.4) is 0 Å². The molecule has 0 radical (unpaired) electrons. The van der Waals surface area contributed by atoms with Crippen molar-refractivity contribution in [3.8, 4) is 0 Å². The Labute approximate surface area is 135 Å². The highest BCUT2D eigenvalue weighted by Gasteiger charge is 2.23. The minimum atomic E-state index is -0.359. The molecule has 1 fully saturated rings. The first-order chi connectivity index (χ1) is 9.97. The third-order valence-corrected chi connectivity index (χ3v) is 4.35. The number of carbonyl (C=O) groups excluding carboxylic acids is 1. The fraction of sp³-hybridized carbons (Fsp3) is 0.562. The van der Waals surface area contributed by atoms with Gasteiger partial charge >= 0.3 is 0 Å². The molecule has 1 amide bonds. The van der Waals surface area contributed by atoms with Gasteiger partial charge in [0.25, 0.3) is 0 Å². The number of nitrogens with zero attached hydrogens (tertiary/aromatic N) is 1. The molecule has 1 heterocycles. The molecule has 1 aromatic carbocycles. The maximum absolute atomic E-state index is 12.3. The van der Waals surface area contributed by atoms with E-state index in [0.717, 1.165) is 42.6 Å². The third kappa shape index (κ3) is 5.09. The van der Waals surface area contributed by atoms with Crippen molar-refractivity contribution >= 4 is 21.8 Å². The topological polar surface area (TPSA) is 44.4 Å². The molecule has 0 aromatic heterocycles. The number of nitrogens with one attached hydrogen (secondary N) is 2. The lowest BCUT2D eigenvalue weighted by molar-refractivity contribution is -0.123. The van der Waals surface area contributed by atoms with Crippen LogP contribution in [0.5, 0.6) is 0 Å². The Balaban J connectivity index is 1.92. The highest BCUT2D eigenvalue weighted by atomic mass is 79.9. The van der Waals surface area contributed by atoms with Crippen LogP contribution in [0, 0.1) is 0 Å². The second-order valence-corrected chi connectivity index (χ2v) is 6.98. The van der Waals surface area contributed by atoms with Gasteiger partial charge in [-0.2, -0.15) is 0 Å². The van der Waals surface area contributed by atoms with Gasteiger partial charge in [-0.15, -0.1) is 0 Å². The van der Waals surface area contributed by atoms with Gasteiger partial charge in [0, 0.05) is 17.6 Å². The van der Waals surface area contributed by atoms with Crippen molar-refractivity contribution in [3.05, 3.63) is 34.3 Å². The van der Waals surface area contributed by atoms with E-state index in [1.807, 2.05) is 38.1 Å². The third-order valence-electron chi connectivity index (χ3n) is 3.82. The largest absolute Gasteiger partial charge is 0.346 e. The molecule has 0 unspecified atom stereocenters. The van der Waals surface area contributed by atoms with Gasteiger partial charge in [-0.05, 0) is 51.1 Å². The molecular weight excluding hydrogens is 330 g/mol. The van der Waals surface area contributed by atoms with Crippen molar-refractivity contribution in [1.29, 1.82) is 0 Å². The van der Waals surface area contributed by atoms with Gasteiger partial charge in [0.05, 0.1) is 12.1 Å². The maximum Gasteiger partial charge on any atom is 0.234 e. The average molecular weight is 354 g/mol. The standard InChI is InChI=1S/C16H24BrN3O/c1-16(2,13-4-6-14(17)7-5-13)19-15(21)12-20-10-3-8-18-9-11-20/h4-7,18H,3,8-12H2,1-2H3,(H,19,21). The quantitative estimate of drug-likeness (QED) is 0.871. The first-order valence-corrected chi connectivity index (χ1v) is 8.27. The highest BCUT2D eigenvalue weighted by Crippen LogP contribution is 2.22. The summed E-state index contributed by atoms with van der Waals surface area (Å²) in [5.74, 6) is 0.0878. The van der Waals surface area contributed by atoms with E-state index in [9.17, 15) is 4.79 Å². The fourth-order valence-corrected chi connectivity index (χ4v) is 2.85. The van der Waals surface area contributed by atoms with E-state index in [1.165, 1.54) is 0 Å². The number of benzene rings is 1. The zero-order valence-corrected chi connectivity index (χ0v) is 14.4. The summed E-state index contributed by atoms with van der Waals surface area (Å²) in [4.78, 5) is 14.5. The molecule has 2 rings (SSSR count). The molecule has 116 valence electrons. The SMILES string of the molecule is CC(C)(NC(=O)CN1CCCNCC1)c1ccc(Br)cc1. The lowest BCUT2D eigenvalue weighted by Crippen LogP contribution is -2.46. The zero-order valence-electron chi connectivity index (χ0n) is 12.8. The second kappa shape index (κ2) is 7.38. The summed E-state index contributed by atoms with van der Waals surface area (Å²) < 4.78 is 1.05. The van der Waals surface area contributed by atoms with Gasteiger partial charge in [-0.1, -0.05) is 28.1 Å². The lowest BCUT2D eigenvalue weighted by atomic mass is 9.94. The summed E-state index contributed by atoms with van der Waals surface area (Å²) in [5, 5.41) is 6.50. The van der Waals surface area contributed by atoms with Crippen molar-refractivity contribution in [2.45, 2.75) is 25.8 Å². The molecule has 0 aliphatic carbocycles. The molecule has 0 saturated carbocycles. The molecule has 1 aliphatic heterocycles. The van der Waals surface area contributed by atoms with Crippen LogP contribution in [0.2, 0.25) is 0 Å². The molecule has 0 atom stereocenters. The first kappa shape index (κ1) is 16.5. The number of hydrogen-bond acceptors (Lipinski definition) is 3. The van der Waals surface area contributed by atoms with E-state index >= 15 is 0 Å². The van der Waals surface area contributed by atoms with E-state index in [1.54, 1.807) is 0 Å². The highest BCUT2D eigenvalue weighted by molar-refractivity contribution is 9.10. The summed E-state index contributed by atoms with van der Waals surface area (Å²) in [5.41, 5.74) is 0.749. The van der Waals surface area contributed by atoms with Gasteiger partial charge in [0.2, 0.25) is 5.91 Å². The zero-order chi connectivity index (χ0) is 15.3.